The van der Waals surface area contributed by atoms with Crippen LogP contribution in [-0.2, 0) is 20.8 Å². The lowest BCUT2D eigenvalue weighted by atomic mass is 9.55. The second-order valence-corrected chi connectivity index (χ2v) is 8.45. The highest BCUT2D eigenvalue weighted by molar-refractivity contribution is 6.23. The van der Waals surface area contributed by atoms with Crippen molar-refractivity contribution in [3.05, 3.63) is 45.7 Å². The van der Waals surface area contributed by atoms with Crippen molar-refractivity contribution in [1.82, 2.24) is 0 Å². The first kappa shape index (κ1) is 21.0. The normalized spacial score (nSPS) is 31.2. The van der Waals surface area contributed by atoms with Crippen LogP contribution in [0.5, 0.6) is 5.75 Å². The Morgan fingerprint density at radius 1 is 1.23 bits per heavy atom. The Hall–Kier alpha value is -3.21. The Morgan fingerprint density at radius 3 is 2.45 bits per heavy atom. The van der Waals surface area contributed by atoms with Crippen molar-refractivity contribution >= 4 is 23.2 Å². The van der Waals surface area contributed by atoms with E-state index in [0.29, 0.717) is 11.1 Å². The lowest BCUT2D eigenvalue weighted by Gasteiger charge is -2.52. The van der Waals surface area contributed by atoms with Gasteiger partial charge in [0.25, 0.3) is 5.91 Å². The summed E-state index contributed by atoms with van der Waals surface area (Å²) in [5.74, 6) is -6.39. The molecule has 4 rings (SSSR count). The van der Waals surface area contributed by atoms with Gasteiger partial charge in [0.05, 0.1) is 17.2 Å². The van der Waals surface area contributed by atoms with Gasteiger partial charge in [0.15, 0.2) is 11.5 Å². The third-order valence-electron chi connectivity index (χ3n) is 6.61. The maximum Gasteiger partial charge on any atom is 0.255 e. The van der Waals surface area contributed by atoms with Crippen molar-refractivity contribution in [1.29, 1.82) is 0 Å². The summed E-state index contributed by atoms with van der Waals surface area (Å²) in [4.78, 5) is 37.5. The molecule has 1 aromatic rings. The molecule has 9 N–H and O–H groups in total. The van der Waals surface area contributed by atoms with E-state index >= 15 is 0 Å². The summed E-state index contributed by atoms with van der Waals surface area (Å²) >= 11 is 0. The van der Waals surface area contributed by atoms with Crippen LogP contribution in [0.3, 0.4) is 0 Å². The zero-order chi connectivity index (χ0) is 23.0. The van der Waals surface area contributed by atoms with Crippen LogP contribution >= 0.6 is 0 Å². The number of carbonyl (C=O) groups is 3. The number of hydrogen-bond donors (Lipinski definition) is 7. The number of ketones is 2. The summed E-state index contributed by atoms with van der Waals surface area (Å²) in [5.41, 5.74) is 6.17. The van der Waals surface area contributed by atoms with E-state index in [9.17, 15) is 39.9 Å². The number of aliphatic hydroxyl groups is 4. The molecule has 0 radical (unpaired) electrons. The van der Waals surface area contributed by atoms with Crippen LogP contribution in [0.25, 0.3) is 5.76 Å². The number of phenols is 1. The number of primary amides is 1. The summed E-state index contributed by atoms with van der Waals surface area (Å²) in [5, 5.41) is 53.2. The molecule has 1 unspecified atom stereocenters. The SMILES string of the molecule is CC(O)c1ccc(O)c2c1C[C@H]1C[C@@]3(N)CC(=O)C(C(N)=O)=C(O)[C@@]3(O)C(=O)C1=C2O. The van der Waals surface area contributed by atoms with E-state index in [0.717, 1.165) is 0 Å². The molecule has 1 amide bonds. The Labute approximate surface area is 176 Å². The van der Waals surface area contributed by atoms with Gasteiger partial charge in [-0.2, -0.15) is 0 Å². The number of amides is 1. The first-order valence-electron chi connectivity index (χ1n) is 9.64. The van der Waals surface area contributed by atoms with Gasteiger partial charge >= 0.3 is 0 Å². The zero-order valence-corrected chi connectivity index (χ0v) is 16.5. The minimum absolute atomic E-state index is 0.0726. The number of hydrogen-bond acceptors (Lipinski definition) is 9. The summed E-state index contributed by atoms with van der Waals surface area (Å²) in [6, 6.07) is 2.75. The van der Waals surface area contributed by atoms with E-state index in [1.807, 2.05) is 0 Å². The van der Waals surface area contributed by atoms with Gasteiger partial charge in [-0.25, -0.2) is 0 Å². The number of phenolic OH excluding ortho intramolecular Hbond substituents is 1. The first-order valence-corrected chi connectivity index (χ1v) is 9.64. The Kier molecular flexibility index (Phi) is 4.34. The van der Waals surface area contributed by atoms with Gasteiger partial charge in [0.2, 0.25) is 11.4 Å². The summed E-state index contributed by atoms with van der Waals surface area (Å²) in [7, 11) is 0. The Morgan fingerprint density at radius 2 is 1.87 bits per heavy atom. The van der Waals surface area contributed by atoms with E-state index < -0.39 is 64.1 Å². The maximum absolute atomic E-state index is 13.4. The predicted molar refractivity (Wildman–Crippen MR) is 105 cm³/mol. The van der Waals surface area contributed by atoms with Crippen molar-refractivity contribution in [3.63, 3.8) is 0 Å². The molecule has 3 aliphatic carbocycles. The van der Waals surface area contributed by atoms with E-state index in [2.05, 4.69) is 0 Å². The van der Waals surface area contributed by atoms with E-state index in [-0.39, 0.29) is 29.7 Å². The zero-order valence-electron chi connectivity index (χ0n) is 16.5. The fourth-order valence-electron chi connectivity index (χ4n) is 5.16. The Bertz CT molecular complexity index is 1130. The second-order valence-electron chi connectivity index (χ2n) is 8.45. The molecule has 164 valence electrons. The number of carbonyl (C=O) groups excluding carboxylic acids is 3. The molecule has 0 heterocycles. The van der Waals surface area contributed by atoms with Crippen LogP contribution in [-0.4, -0.2) is 54.1 Å². The molecule has 3 aliphatic rings. The van der Waals surface area contributed by atoms with Gasteiger partial charge in [-0.05, 0) is 42.9 Å². The molecule has 0 aliphatic heterocycles. The van der Waals surface area contributed by atoms with Crippen LogP contribution in [0.15, 0.2) is 29.0 Å². The lowest BCUT2D eigenvalue weighted by molar-refractivity contribution is -0.150. The molecule has 10 heteroatoms. The molecule has 4 atom stereocenters. The smallest absolute Gasteiger partial charge is 0.255 e. The summed E-state index contributed by atoms with van der Waals surface area (Å²) in [6.45, 7) is 1.51. The molecule has 1 aromatic carbocycles. The minimum Gasteiger partial charge on any atom is -0.508 e. The summed E-state index contributed by atoms with van der Waals surface area (Å²) < 4.78 is 0. The van der Waals surface area contributed by atoms with Gasteiger partial charge < -0.3 is 37.0 Å². The average Bonchev–Trinajstić information content (AvgIpc) is 2.64. The second kappa shape index (κ2) is 6.39. The van der Waals surface area contributed by atoms with Crippen LogP contribution in [0.1, 0.15) is 42.6 Å². The quantitative estimate of drug-likeness (QED) is 0.303. The molecule has 1 fully saturated rings. The van der Waals surface area contributed by atoms with Crippen molar-refractivity contribution in [3.8, 4) is 5.75 Å². The monoisotopic (exact) mass is 430 g/mol. The minimum atomic E-state index is -2.86. The van der Waals surface area contributed by atoms with Gasteiger partial charge in [-0.1, -0.05) is 6.07 Å². The third-order valence-corrected chi connectivity index (χ3v) is 6.61. The van der Waals surface area contributed by atoms with E-state index in [1.165, 1.54) is 19.1 Å². The number of fused-ring (bicyclic) bond motifs is 3. The molecule has 31 heavy (non-hydrogen) atoms. The highest BCUT2D eigenvalue weighted by atomic mass is 16.4. The third kappa shape index (κ3) is 2.52. The average molecular weight is 430 g/mol. The number of aromatic hydroxyl groups is 1. The standard InChI is InChI=1S/C21H22N2O8/c1-7(24)9-2-3-11(25)14-10(9)4-8-5-20(23)6-12(26)15(19(22)30)18(29)21(20,31)17(28)13(8)16(14)27/h2-3,7-8,24-25,27,29,31H,4-6,23H2,1H3,(H2,22,30)/t7?,8-,20+,21-/m0/s1. The van der Waals surface area contributed by atoms with E-state index in [4.69, 9.17) is 11.5 Å². The summed E-state index contributed by atoms with van der Waals surface area (Å²) in [6.07, 6.45) is -1.69. The largest absolute Gasteiger partial charge is 0.508 e. The van der Waals surface area contributed by atoms with Crippen LogP contribution in [0.4, 0.5) is 0 Å². The molecule has 0 aromatic heterocycles. The van der Waals surface area contributed by atoms with Crippen LogP contribution in [0, 0.1) is 5.92 Å². The van der Waals surface area contributed by atoms with Crippen molar-refractivity contribution in [2.75, 3.05) is 0 Å². The molecule has 10 nitrogen and oxygen atoms in total. The predicted octanol–water partition coefficient (Wildman–Crippen LogP) is -0.441. The number of rotatable bonds is 2. The topological polar surface area (TPSA) is 204 Å². The molecule has 0 bridgehead atoms. The number of nitrogens with two attached hydrogens (primary N) is 2. The van der Waals surface area contributed by atoms with Crippen molar-refractivity contribution in [2.45, 2.75) is 43.4 Å². The van der Waals surface area contributed by atoms with Crippen LogP contribution < -0.4 is 11.5 Å². The molecular formula is C21H22N2O8. The molecule has 1 saturated carbocycles. The maximum atomic E-state index is 13.4. The van der Waals surface area contributed by atoms with E-state index in [1.54, 1.807) is 0 Å². The molecular weight excluding hydrogens is 408 g/mol. The molecule has 0 spiro atoms. The Balaban J connectivity index is 1.99. The van der Waals surface area contributed by atoms with Gasteiger partial charge in [0.1, 0.15) is 17.1 Å². The highest BCUT2D eigenvalue weighted by Crippen LogP contribution is 2.53. The number of aliphatic hydroxyl groups excluding tert-OH is 3. The van der Waals surface area contributed by atoms with Crippen molar-refractivity contribution < 1.29 is 39.9 Å². The first-order chi connectivity index (χ1) is 14.3. The van der Waals surface area contributed by atoms with Gasteiger partial charge in [0, 0.05) is 12.0 Å². The molecule has 0 saturated heterocycles. The fraction of sp³-hybridized carbons (Fsp3) is 0.381. The van der Waals surface area contributed by atoms with Crippen molar-refractivity contribution in [2.24, 2.45) is 17.4 Å². The lowest BCUT2D eigenvalue weighted by Crippen LogP contribution is -2.73. The number of benzene rings is 1. The fourth-order valence-corrected chi connectivity index (χ4v) is 5.16. The number of Topliss-reactive ketones (excluding diaryl/α,β-unsaturated/α-hetero) is 2. The highest BCUT2D eigenvalue weighted by Gasteiger charge is 2.67. The van der Waals surface area contributed by atoms with Gasteiger partial charge in [-0.3, -0.25) is 14.4 Å². The van der Waals surface area contributed by atoms with Gasteiger partial charge in [-0.15, -0.1) is 0 Å². The van der Waals surface area contributed by atoms with Crippen LogP contribution in [0.2, 0.25) is 0 Å².